The maximum Gasteiger partial charge on any atom is 0.263 e. The maximum atomic E-state index is 13.4. The zero-order chi connectivity index (χ0) is 26.5. The first-order chi connectivity index (χ1) is 18.4. The highest BCUT2D eigenvalue weighted by atomic mass is 32.2. The second-order valence-corrected chi connectivity index (χ2v) is 10.6. The Balaban J connectivity index is 1.63. The Morgan fingerprint density at radius 3 is 2.29 bits per heavy atom. The molecule has 0 atom stereocenters. The Hall–Kier alpha value is -4.25. The van der Waals surface area contributed by atoms with Crippen LogP contribution in [0.2, 0.25) is 0 Å². The molecule has 0 spiro atoms. The molecule has 196 valence electrons. The van der Waals surface area contributed by atoms with E-state index in [0.29, 0.717) is 24.0 Å². The van der Waals surface area contributed by atoms with Crippen LogP contribution in [0.3, 0.4) is 0 Å². The molecule has 2 aromatic carbocycles. The SMILES string of the molecule is COc1ccccc1Oc1c(NS(=O)(=O)c2ccc(C)cc2)nc(-c2ncccn2)nc1OCC1CCC1. The van der Waals surface area contributed by atoms with Crippen LogP contribution in [0.15, 0.2) is 71.9 Å². The van der Waals surface area contributed by atoms with Gasteiger partial charge in [-0.05, 0) is 56.0 Å². The molecule has 1 N–H and O–H groups in total. The monoisotopic (exact) mass is 533 g/mol. The second-order valence-electron chi connectivity index (χ2n) is 8.88. The van der Waals surface area contributed by atoms with E-state index in [1.807, 2.05) is 6.92 Å². The number of sulfonamides is 1. The molecule has 1 aliphatic carbocycles. The lowest BCUT2D eigenvalue weighted by atomic mass is 9.86. The van der Waals surface area contributed by atoms with E-state index < -0.39 is 10.0 Å². The maximum absolute atomic E-state index is 13.4. The molecule has 5 rings (SSSR count). The summed E-state index contributed by atoms with van der Waals surface area (Å²) in [5, 5.41) is 0. The number of para-hydroxylation sites is 2. The highest BCUT2D eigenvalue weighted by Gasteiger charge is 2.27. The van der Waals surface area contributed by atoms with Crippen molar-refractivity contribution in [2.75, 3.05) is 18.4 Å². The highest BCUT2D eigenvalue weighted by molar-refractivity contribution is 7.92. The Morgan fingerprint density at radius 2 is 1.63 bits per heavy atom. The van der Waals surface area contributed by atoms with Gasteiger partial charge in [0, 0.05) is 12.4 Å². The molecular formula is C27H27N5O5S. The van der Waals surface area contributed by atoms with Crippen LogP contribution in [0.1, 0.15) is 24.8 Å². The third-order valence-electron chi connectivity index (χ3n) is 6.12. The lowest BCUT2D eigenvalue weighted by Gasteiger charge is -2.25. The lowest BCUT2D eigenvalue weighted by Crippen LogP contribution is -2.21. The van der Waals surface area contributed by atoms with E-state index in [1.165, 1.54) is 19.2 Å². The molecule has 4 aromatic rings. The van der Waals surface area contributed by atoms with Gasteiger partial charge in [0.05, 0.1) is 18.6 Å². The average molecular weight is 534 g/mol. The van der Waals surface area contributed by atoms with Crippen molar-refractivity contribution in [1.82, 2.24) is 19.9 Å². The van der Waals surface area contributed by atoms with E-state index >= 15 is 0 Å². The second kappa shape index (κ2) is 11.0. The predicted molar refractivity (Wildman–Crippen MR) is 141 cm³/mol. The third kappa shape index (κ3) is 5.67. The summed E-state index contributed by atoms with van der Waals surface area (Å²) in [7, 11) is -2.53. The van der Waals surface area contributed by atoms with E-state index in [-0.39, 0.29) is 34.0 Å². The van der Waals surface area contributed by atoms with Crippen LogP contribution >= 0.6 is 0 Å². The fraction of sp³-hybridized carbons (Fsp3) is 0.259. The van der Waals surface area contributed by atoms with Crippen molar-refractivity contribution in [3.8, 4) is 34.8 Å². The zero-order valence-electron chi connectivity index (χ0n) is 21.0. The fourth-order valence-corrected chi connectivity index (χ4v) is 4.78. The van der Waals surface area contributed by atoms with Crippen molar-refractivity contribution >= 4 is 15.8 Å². The summed E-state index contributed by atoms with van der Waals surface area (Å²) in [5.74, 6) is 1.42. The summed E-state index contributed by atoms with van der Waals surface area (Å²) in [4.78, 5) is 17.5. The number of ether oxygens (including phenoxy) is 3. The van der Waals surface area contributed by atoms with Crippen LogP contribution in [0, 0.1) is 12.8 Å². The summed E-state index contributed by atoms with van der Waals surface area (Å²) in [6, 6.07) is 15.1. The molecule has 0 aliphatic heterocycles. The van der Waals surface area contributed by atoms with E-state index in [1.54, 1.807) is 54.9 Å². The lowest BCUT2D eigenvalue weighted by molar-refractivity contribution is 0.171. The number of anilines is 1. The molecule has 0 amide bonds. The van der Waals surface area contributed by atoms with Crippen LogP contribution in [0.5, 0.6) is 23.1 Å². The number of aryl methyl sites for hydroxylation is 1. The minimum absolute atomic E-state index is 0.00388. The molecule has 38 heavy (non-hydrogen) atoms. The molecule has 1 saturated carbocycles. The first kappa shape index (κ1) is 25.4. The van der Waals surface area contributed by atoms with Gasteiger partial charge >= 0.3 is 0 Å². The third-order valence-corrected chi connectivity index (χ3v) is 7.48. The fourth-order valence-electron chi connectivity index (χ4n) is 3.78. The van der Waals surface area contributed by atoms with Crippen molar-refractivity contribution in [2.24, 2.45) is 5.92 Å². The minimum Gasteiger partial charge on any atom is -0.493 e. The minimum atomic E-state index is -4.05. The molecule has 0 bridgehead atoms. The van der Waals surface area contributed by atoms with Gasteiger partial charge < -0.3 is 14.2 Å². The Bertz CT molecular complexity index is 1510. The van der Waals surface area contributed by atoms with Crippen LogP contribution < -0.4 is 18.9 Å². The summed E-state index contributed by atoms with van der Waals surface area (Å²) in [5.41, 5.74) is 0.932. The van der Waals surface area contributed by atoms with Gasteiger partial charge in [-0.2, -0.15) is 4.98 Å². The Labute approximate surface area is 221 Å². The van der Waals surface area contributed by atoms with Gasteiger partial charge in [0.15, 0.2) is 23.1 Å². The highest BCUT2D eigenvalue weighted by Crippen LogP contribution is 2.42. The number of rotatable bonds is 10. The quantitative estimate of drug-likeness (QED) is 0.299. The molecule has 0 saturated heterocycles. The molecule has 2 aromatic heterocycles. The van der Waals surface area contributed by atoms with Gasteiger partial charge in [-0.25, -0.2) is 23.4 Å². The number of nitrogens with zero attached hydrogens (tertiary/aromatic N) is 4. The number of methoxy groups -OCH3 is 1. The van der Waals surface area contributed by atoms with Gasteiger partial charge in [0.1, 0.15) is 0 Å². The molecule has 1 fully saturated rings. The van der Waals surface area contributed by atoms with Crippen molar-refractivity contribution in [2.45, 2.75) is 31.1 Å². The zero-order valence-corrected chi connectivity index (χ0v) is 21.8. The standard InChI is InChI=1S/C27H27N5O5S/c1-18-11-13-20(14-12-18)38(33,34)32-24-23(37-22-10-4-3-9-21(22)35-2)27(36-17-19-7-5-8-19)31-26(30-24)25-28-15-6-16-29-25/h3-4,6,9-16,19H,5,7-8,17H2,1-2H3,(H,30,31,32). The van der Waals surface area contributed by atoms with Crippen molar-refractivity contribution < 1.29 is 22.6 Å². The largest absolute Gasteiger partial charge is 0.493 e. The summed E-state index contributed by atoms with van der Waals surface area (Å²) in [6.07, 6.45) is 6.35. The van der Waals surface area contributed by atoms with Crippen LogP contribution in [0.4, 0.5) is 5.82 Å². The van der Waals surface area contributed by atoms with E-state index in [0.717, 1.165) is 24.8 Å². The van der Waals surface area contributed by atoms with E-state index in [9.17, 15) is 8.42 Å². The molecule has 2 heterocycles. The molecule has 10 nitrogen and oxygen atoms in total. The van der Waals surface area contributed by atoms with Crippen LogP contribution in [-0.4, -0.2) is 42.1 Å². The molecule has 1 aliphatic rings. The number of hydrogen-bond donors (Lipinski definition) is 1. The topological polar surface area (TPSA) is 125 Å². The van der Waals surface area contributed by atoms with Crippen LogP contribution in [0.25, 0.3) is 11.6 Å². The molecule has 0 radical (unpaired) electrons. The van der Waals surface area contributed by atoms with Crippen molar-refractivity contribution in [3.63, 3.8) is 0 Å². The van der Waals surface area contributed by atoms with E-state index in [2.05, 4.69) is 24.7 Å². The molecular weight excluding hydrogens is 506 g/mol. The Kier molecular flexibility index (Phi) is 7.36. The first-order valence-corrected chi connectivity index (χ1v) is 13.6. The summed E-state index contributed by atoms with van der Waals surface area (Å²) < 4.78 is 47.1. The Morgan fingerprint density at radius 1 is 0.921 bits per heavy atom. The average Bonchev–Trinajstić information content (AvgIpc) is 2.90. The van der Waals surface area contributed by atoms with Crippen LogP contribution in [-0.2, 0) is 10.0 Å². The number of hydrogen-bond acceptors (Lipinski definition) is 9. The smallest absolute Gasteiger partial charge is 0.263 e. The normalized spacial score (nSPS) is 13.4. The summed E-state index contributed by atoms with van der Waals surface area (Å²) >= 11 is 0. The molecule has 11 heteroatoms. The van der Waals surface area contributed by atoms with Gasteiger partial charge in [-0.1, -0.05) is 36.2 Å². The van der Waals surface area contributed by atoms with E-state index in [4.69, 9.17) is 14.2 Å². The number of aromatic nitrogens is 4. The molecule has 0 unspecified atom stereocenters. The number of benzene rings is 2. The van der Waals surface area contributed by atoms with Gasteiger partial charge in [-0.3, -0.25) is 4.72 Å². The van der Waals surface area contributed by atoms with Gasteiger partial charge in [-0.15, -0.1) is 0 Å². The summed E-state index contributed by atoms with van der Waals surface area (Å²) in [6.45, 7) is 2.28. The number of nitrogens with one attached hydrogen (secondary N) is 1. The first-order valence-electron chi connectivity index (χ1n) is 12.2. The predicted octanol–water partition coefficient (Wildman–Crippen LogP) is 5.02. The van der Waals surface area contributed by atoms with Crippen molar-refractivity contribution in [3.05, 3.63) is 72.6 Å². The van der Waals surface area contributed by atoms with Gasteiger partial charge in [0.2, 0.25) is 11.6 Å². The van der Waals surface area contributed by atoms with Gasteiger partial charge in [0.25, 0.3) is 15.9 Å². The van der Waals surface area contributed by atoms with Crippen molar-refractivity contribution in [1.29, 1.82) is 0 Å².